The first-order valence-corrected chi connectivity index (χ1v) is 7.12. The second-order valence-electron chi connectivity index (χ2n) is 4.66. The molecule has 0 heterocycles. The van der Waals surface area contributed by atoms with E-state index in [1.165, 1.54) is 29.3 Å². The van der Waals surface area contributed by atoms with Gasteiger partial charge in [0.15, 0.2) is 0 Å². The van der Waals surface area contributed by atoms with Crippen LogP contribution in [-0.2, 0) is 0 Å². The van der Waals surface area contributed by atoms with E-state index in [9.17, 15) is 0 Å². The summed E-state index contributed by atoms with van der Waals surface area (Å²) in [7, 11) is 1.72. The Morgan fingerprint density at radius 2 is 2.24 bits per heavy atom. The van der Waals surface area contributed by atoms with E-state index in [1.807, 2.05) is 6.07 Å². The summed E-state index contributed by atoms with van der Waals surface area (Å²) in [5.41, 5.74) is 1.33. The number of hydrogen-bond acceptors (Lipinski definition) is 2. The van der Waals surface area contributed by atoms with Crippen molar-refractivity contribution in [1.82, 2.24) is 5.32 Å². The number of hydrogen-bond donors (Lipinski definition) is 1. The summed E-state index contributed by atoms with van der Waals surface area (Å²) in [4.78, 5) is 0. The lowest BCUT2D eigenvalue weighted by Crippen LogP contribution is -2.24. The molecular weight excluding hydrogens is 278 g/mol. The Morgan fingerprint density at radius 1 is 1.47 bits per heavy atom. The van der Waals surface area contributed by atoms with Crippen molar-refractivity contribution in [2.24, 2.45) is 5.92 Å². The van der Waals surface area contributed by atoms with Crippen molar-refractivity contribution in [1.29, 1.82) is 0 Å². The highest BCUT2D eigenvalue weighted by Gasteiger charge is 2.33. The molecule has 94 valence electrons. The lowest BCUT2D eigenvalue weighted by molar-refractivity contribution is 0.411. The lowest BCUT2D eigenvalue weighted by Gasteiger charge is -2.20. The van der Waals surface area contributed by atoms with Gasteiger partial charge in [-0.25, -0.2) is 0 Å². The van der Waals surface area contributed by atoms with Crippen molar-refractivity contribution in [3.05, 3.63) is 28.2 Å². The standard InChI is InChI=1S/C14H20BrNO/c1-3-8-16-14(10-4-5-10)12-9-11(17-2)6-7-13(12)15/h6-7,9-10,14,16H,3-5,8H2,1-2H3. The highest BCUT2D eigenvalue weighted by Crippen LogP contribution is 2.43. The van der Waals surface area contributed by atoms with Gasteiger partial charge < -0.3 is 10.1 Å². The van der Waals surface area contributed by atoms with Crippen LogP contribution in [0.1, 0.15) is 37.8 Å². The van der Waals surface area contributed by atoms with Gasteiger partial charge in [0.1, 0.15) is 5.75 Å². The van der Waals surface area contributed by atoms with E-state index >= 15 is 0 Å². The van der Waals surface area contributed by atoms with E-state index in [0.717, 1.165) is 18.2 Å². The van der Waals surface area contributed by atoms with Crippen LogP contribution in [0.4, 0.5) is 0 Å². The minimum Gasteiger partial charge on any atom is -0.497 e. The number of methoxy groups -OCH3 is 1. The minimum absolute atomic E-state index is 0.472. The average molecular weight is 298 g/mol. The zero-order chi connectivity index (χ0) is 12.3. The van der Waals surface area contributed by atoms with Gasteiger partial charge in [0, 0.05) is 10.5 Å². The molecule has 0 radical (unpaired) electrons. The van der Waals surface area contributed by atoms with Crippen LogP contribution in [0.25, 0.3) is 0 Å². The fraction of sp³-hybridized carbons (Fsp3) is 0.571. The van der Waals surface area contributed by atoms with Gasteiger partial charge in [-0.15, -0.1) is 0 Å². The highest BCUT2D eigenvalue weighted by atomic mass is 79.9. The first-order valence-electron chi connectivity index (χ1n) is 6.33. The molecular formula is C14H20BrNO. The molecule has 0 aliphatic heterocycles. The van der Waals surface area contributed by atoms with Crippen LogP contribution in [0.15, 0.2) is 22.7 Å². The zero-order valence-electron chi connectivity index (χ0n) is 10.5. The number of nitrogens with one attached hydrogen (secondary N) is 1. The van der Waals surface area contributed by atoms with Crippen molar-refractivity contribution in [3.63, 3.8) is 0 Å². The average Bonchev–Trinajstić information content (AvgIpc) is 3.16. The highest BCUT2D eigenvalue weighted by molar-refractivity contribution is 9.10. The summed E-state index contributed by atoms with van der Waals surface area (Å²) in [5.74, 6) is 1.73. The van der Waals surface area contributed by atoms with Crippen LogP contribution in [0.5, 0.6) is 5.75 Å². The number of rotatable bonds is 6. The summed E-state index contributed by atoms with van der Waals surface area (Å²) in [6.45, 7) is 3.28. The molecule has 1 unspecified atom stereocenters. The maximum absolute atomic E-state index is 5.32. The molecule has 0 saturated heterocycles. The van der Waals surface area contributed by atoms with Crippen molar-refractivity contribution in [2.45, 2.75) is 32.2 Å². The molecule has 1 fully saturated rings. The van der Waals surface area contributed by atoms with Gasteiger partial charge >= 0.3 is 0 Å². The van der Waals surface area contributed by atoms with Gasteiger partial charge in [0.05, 0.1) is 7.11 Å². The first kappa shape index (κ1) is 12.9. The Hall–Kier alpha value is -0.540. The van der Waals surface area contributed by atoms with Crippen LogP contribution in [-0.4, -0.2) is 13.7 Å². The summed E-state index contributed by atoms with van der Waals surface area (Å²) >= 11 is 3.65. The molecule has 1 N–H and O–H groups in total. The fourth-order valence-electron chi connectivity index (χ4n) is 2.15. The van der Waals surface area contributed by atoms with Crippen LogP contribution in [0, 0.1) is 5.92 Å². The third kappa shape index (κ3) is 3.23. The van der Waals surface area contributed by atoms with E-state index in [-0.39, 0.29) is 0 Å². The molecule has 1 aromatic rings. The molecule has 17 heavy (non-hydrogen) atoms. The third-order valence-corrected chi connectivity index (χ3v) is 3.97. The molecule has 0 amide bonds. The van der Waals surface area contributed by atoms with Gasteiger partial charge in [-0.3, -0.25) is 0 Å². The quantitative estimate of drug-likeness (QED) is 0.860. The normalized spacial score (nSPS) is 16.9. The van der Waals surface area contributed by atoms with Crippen LogP contribution in [0.2, 0.25) is 0 Å². The molecule has 2 nitrogen and oxygen atoms in total. The molecule has 1 atom stereocenters. The Bertz CT molecular complexity index is 376. The summed E-state index contributed by atoms with van der Waals surface area (Å²) < 4.78 is 6.50. The van der Waals surface area contributed by atoms with E-state index in [2.05, 4.69) is 40.3 Å². The maximum atomic E-state index is 5.32. The smallest absolute Gasteiger partial charge is 0.119 e. The predicted octanol–water partition coefficient (Wildman–Crippen LogP) is 3.91. The van der Waals surface area contributed by atoms with Gasteiger partial charge in [0.25, 0.3) is 0 Å². The number of benzene rings is 1. The van der Waals surface area contributed by atoms with E-state index in [4.69, 9.17) is 4.74 Å². The summed E-state index contributed by atoms with van der Waals surface area (Å²) in [6, 6.07) is 6.70. The molecule has 1 aliphatic carbocycles. The molecule has 0 spiro atoms. The second-order valence-corrected chi connectivity index (χ2v) is 5.51. The Balaban J connectivity index is 2.21. The van der Waals surface area contributed by atoms with E-state index in [1.54, 1.807) is 7.11 Å². The van der Waals surface area contributed by atoms with Gasteiger partial charge in [-0.2, -0.15) is 0 Å². The monoisotopic (exact) mass is 297 g/mol. The molecule has 1 aromatic carbocycles. The fourth-order valence-corrected chi connectivity index (χ4v) is 2.64. The van der Waals surface area contributed by atoms with Gasteiger partial charge in [-0.05, 0) is 55.5 Å². The molecule has 1 saturated carbocycles. The lowest BCUT2D eigenvalue weighted by atomic mass is 10.0. The Morgan fingerprint density at radius 3 is 2.82 bits per heavy atom. The predicted molar refractivity (Wildman–Crippen MR) is 74.5 cm³/mol. The summed E-state index contributed by atoms with van der Waals surface area (Å²) in [5, 5.41) is 3.65. The second kappa shape index (κ2) is 5.87. The SMILES string of the molecule is CCCNC(c1cc(OC)ccc1Br)C1CC1. The third-order valence-electron chi connectivity index (χ3n) is 3.25. The zero-order valence-corrected chi connectivity index (χ0v) is 12.1. The van der Waals surface area contributed by atoms with Crippen molar-refractivity contribution >= 4 is 15.9 Å². The van der Waals surface area contributed by atoms with Crippen LogP contribution >= 0.6 is 15.9 Å². The molecule has 3 heteroatoms. The van der Waals surface area contributed by atoms with E-state index < -0.39 is 0 Å². The van der Waals surface area contributed by atoms with Gasteiger partial charge in [-0.1, -0.05) is 22.9 Å². The Labute approximate surface area is 112 Å². The van der Waals surface area contributed by atoms with E-state index in [0.29, 0.717) is 6.04 Å². The largest absolute Gasteiger partial charge is 0.497 e. The number of halogens is 1. The molecule has 0 aromatic heterocycles. The minimum atomic E-state index is 0.472. The Kier molecular flexibility index (Phi) is 4.46. The summed E-state index contributed by atoms with van der Waals surface area (Å²) in [6.07, 6.45) is 3.85. The molecule has 1 aliphatic rings. The van der Waals surface area contributed by atoms with Crippen molar-refractivity contribution in [3.8, 4) is 5.75 Å². The first-order chi connectivity index (χ1) is 8.26. The molecule has 2 rings (SSSR count). The topological polar surface area (TPSA) is 21.3 Å². The van der Waals surface area contributed by atoms with Crippen molar-refractivity contribution < 1.29 is 4.74 Å². The maximum Gasteiger partial charge on any atom is 0.119 e. The van der Waals surface area contributed by atoms with Crippen molar-refractivity contribution in [2.75, 3.05) is 13.7 Å². The van der Waals surface area contributed by atoms with Gasteiger partial charge in [0.2, 0.25) is 0 Å². The number of ether oxygens (including phenoxy) is 1. The van der Waals surface area contributed by atoms with Crippen LogP contribution in [0.3, 0.4) is 0 Å². The van der Waals surface area contributed by atoms with Crippen LogP contribution < -0.4 is 10.1 Å². The molecule has 0 bridgehead atoms.